The Morgan fingerprint density at radius 1 is 1.18 bits per heavy atom. The molecular weight excluding hydrogens is 352 g/mol. The van der Waals surface area contributed by atoms with Crippen LogP contribution < -0.4 is 15.4 Å². The molecule has 0 aliphatic rings. The molecule has 6 heteroatoms. The Kier molecular flexibility index (Phi) is 6.78. The standard InChI is InChI=1S/C22H28N4O2/c1-16(2)14-26-22(24-12-10-18-6-5-13-28-18)23-11-9-17-15-25-19-7-4-8-20(27-3)21(17)19/h4-8,13,15,25H,1,9-12,14H2,2-3H3,(H2,23,24,26). The van der Waals surface area contributed by atoms with Crippen LogP contribution in [-0.4, -0.2) is 37.7 Å². The van der Waals surface area contributed by atoms with E-state index in [0.29, 0.717) is 6.54 Å². The molecular formula is C22H28N4O2. The Labute approximate surface area is 165 Å². The van der Waals surface area contributed by atoms with Crippen molar-refractivity contribution in [3.63, 3.8) is 0 Å². The Balaban J connectivity index is 1.58. The molecule has 0 saturated carbocycles. The Morgan fingerprint density at radius 2 is 2.00 bits per heavy atom. The van der Waals surface area contributed by atoms with Crippen LogP contribution in [0.25, 0.3) is 10.9 Å². The minimum atomic E-state index is 0.594. The number of furan rings is 1. The summed E-state index contributed by atoms with van der Waals surface area (Å²) in [5, 5.41) is 7.90. The van der Waals surface area contributed by atoms with Crippen LogP contribution in [0.2, 0.25) is 0 Å². The average molecular weight is 380 g/mol. The zero-order chi connectivity index (χ0) is 19.8. The first-order valence-electron chi connectivity index (χ1n) is 9.49. The highest BCUT2D eigenvalue weighted by Gasteiger charge is 2.09. The molecule has 3 aromatic rings. The van der Waals surface area contributed by atoms with Gasteiger partial charge >= 0.3 is 0 Å². The number of aromatic amines is 1. The van der Waals surface area contributed by atoms with E-state index in [9.17, 15) is 0 Å². The lowest BCUT2D eigenvalue weighted by Gasteiger charge is -2.12. The van der Waals surface area contributed by atoms with Crippen LogP contribution >= 0.6 is 0 Å². The second kappa shape index (κ2) is 9.69. The summed E-state index contributed by atoms with van der Waals surface area (Å²) >= 11 is 0. The van der Waals surface area contributed by atoms with Gasteiger partial charge in [0, 0.05) is 36.6 Å². The van der Waals surface area contributed by atoms with E-state index in [1.54, 1.807) is 13.4 Å². The largest absolute Gasteiger partial charge is 0.496 e. The summed E-state index contributed by atoms with van der Waals surface area (Å²) in [5.74, 6) is 2.63. The van der Waals surface area contributed by atoms with E-state index in [-0.39, 0.29) is 0 Å². The van der Waals surface area contributed by atoms with Crippen LogP contribution in [0.1, 0.15) is 18.2 Å². The summed E-state index contributed by atoms with van der Waals surface area (Å²) in [6.45, 7) is 8.00. The number of nitrogens with one attached hydrogen (secondary N) is 3. The smallest absolute Gasteiger partial charge is 0.191 e. The molecule has 0 radical (unpaired) electrons. The molecule has 0 bridgehead atoms. The molecule has 28 heavy (non-hydrogen) atoms. The minimum Gasteiger partial charge on any atom is -0.496 e. The van der Waals surface area contributed by atoms with E-state index >= 15 is 0 Å². The molecule has 0 aliphatic carbocycles. The van der Waals surface area contributed by atoms with Crippen LogP contribution in [-0.2, 0) is 12.8 Å². The van der Waals surface area contributed by atoms with Gasteiger partial charge in [-0.1, -0.05) is 18.2 Å². The van der Waals surface area contributed by atoms with Crippen molar-refractivity contribution in [2.75, 3.05) is 26.7 Å². The van der Waals surface area contributed by atoms with Crippen molar-refractivity contribution in [3.8, 4) is 5.75 Å². The summed E-state index contributed by atoms with van der Waals surface area (Å²) in [4.78, 5) is 7.90. The molecule has 148 valence electrons. The third-order valence-electron chi connectivity index (χ3n) is 4.41. The molecule has 0 aliphatic heterocycles. The average Bonchev–Trinajstić information content (AvgIpc) is 3.35. The van der Waals surface area contributed by atoms with Gasteiger partial charge in [0.1, 0.15) is 11.5 Å². The zero-order valence-electron chi connectivity index (χ0n) is 16.5. The number of guanidine groups is 1. The fraction of sp³-hybridized carbons (Fsp3) is 0.318. The predicted octanol–water partition coefficient (Wildman–Crippen LogP) is 3.67. The summed E-state index contributed by atoms with van der Waals surface area (Å²) in [5.41, 5.74) is 3.32. The maximum Gasteiger partial charge on any atom is 0.191 e. The number of hydrogen-bond acceptors (Lipinski definition) is 3. The maximum atomic E-state index is 5.51. The number of aliphatic imine (C=N–C) groups is 1. The van der Waals surface area contributed by atoms with Gasteiger partial charge in [-0.3, -0.25) is 0 Å². The van der Waals surface area contributed by atoms with Crippen LogP contribution in [0.15, 0.2) is 64.4 Å². The second-order valence-corrected chi connectivity index (χ2v) is 6.75. The van der Waals surface area contributed by atoms with Crippen molar-refractivity contribution in [2.45, 2.75) is 19.8 Å². The van der Waals surface area contributed by atoms with Gasteiger partial charge in [-0.25, -0.2) is 4.99 Å². The maximum absolute atomic E-state index is 5.51. The highest BCUT2D eigenvalue weighted by atomic mass is 16.5. The number of methoxy groups -OCH3 is 1. The third-order valence-corrected chi connectivity index (χ3v) is 4.41. The normalized spacial score (nSPS) is 11.6. The summed E-state index contributed by atoms with van der Waals surface area (Å²) in [6, 6.07) is 9.92. The molecule has 3 N–H and O–H groups in total. The molecule has 2 heterocycles. The van der Waals surface area contributed by atoms with E-state index in [1.807, 2.05) is 37.4 Å². The molecule has 2 aromatic heterocycles. The van der Waals surface area contributed by atoms with Gasteiger partial charge in [0.15, 0.2) is 5.96 Å². The topological polar surface area (TPSA) is 74.6 Å². The molecule has 6 nitrogen and oxygen atoms in total. The van der Waals surface area contributed by atoms with Gasteiger partial charge in [0.2, 0.25) is 0 Å². The van der Waals surface area contributed by atoms with E-state index < -0.39 is 0 Å². The summed E-state index contributed by atoms with van der Waals surface area (Å²) in [7, 11) is 1.70. The van der Waals surface area contributed by atoms with Crippen LogP contribution in [0, 0.1) is 0 Å². The first kappa shape index (κ1) is 19.6. The lowest BCUT2D eigenvalue weighted by Crippen LogP contribution is -2.39. The van der Waals surface area contributed by atoms with Crippen molar-refractivity contribution >= 4 is 16.9 Å². The van der Waals surface area contributed by atoms with Gasteiger partial charge < -0.3 is 24.8 Å². The van der Waals surface area contributed by atoms with Gasteiger partial charge in [-0.05, 0) is 43.2 Å². The quantitative estimate of drug-likeness (QED) is 0.301. The van der Waals surface area contributed by atoms with E-state index in [4.69, 9.17) is 9.15 Å². The zero-order valence-corrected chi connectivity index (χ0v) is 16.5. The van der Waals surface area contributed by atoms with E-state index in [0.717, 1.165) is 59.9 Å². The van der Waals surface area contributed by atoms with Gasteiger partial charge in [-0.2, -0.15) is 0 Å². The number of H-pyrrole nitrogens is 1. The minimum absolute atomic E-state index is 0.594. The molecule has 0 spiro atoms. The van der Waals surface area contributed by atoms with Crippen LogP contribution in [0.3, 0.4) is 0 Å². The first-order valence-corrected chi connectivity index (χ1v) is 9.49. The van der Waals surface area contributed by atoms with Crippen LogP contribution in [0.5, 0.6) is 5.75 Å². The third kappa shape index (κ3) is 5.19. The van der Waals surface area contributed by atoms with Gasteiger partial charge in [-0.15, -0.1) is 0 Å². The Hall–Kier alpha value is -3.15. The van der Waals surface area contributed by atoms with Crippen molar-refractivity contribution in [2.24, 2.45) is 4.99 Å². The number of rotatable bonds is 9. The predicted molar refractivity (Wildman–Crippen MR) is 114 cm³/mol. The highest BCUT2D eigenvalue weighted by molar-refractivity contribution is 5.89. The molecule has 0 unspecified atom stereocenters. The SMILES string of the molecule is C=C(C)CN=C(NCCc1ccco1)NCCc1c[nH]c2cccc(OC)c12. The monoisotopic (exact) mass is 380 g/mol. The van der Waals surface area contributed by atoms with Crippen LogP contribution in [0.4, 0.5) is 0 Å². The van der Waals surface area contributed by atoms with Gasteiger partial charge in [0.25, 0.3) is 0 Å². The summed E-state index contributed by atoms with van der Waals surface area (Å²) in [6.07, 6.45) is 5.40. The Bertz CT molecular complexity index is 925. The number of hydrogen-bond donors (Lipinski definition) is 3. The molecule has 1 aromatic carbocycles. The second-order valence-electron chi connectivity index (χ2n) is 6.75. The van der Waals surface area contributed by atoms with E-state index in [2.05, 4.69) is 33.3 Å². The van der Waals surface area contributed by atoms with Gasteiger partial charge in [0.05, 0.1) is 19.9 Å². The number of benzene rings is 1. The number of ether oxygens (including phenoxy) is 1. The lowest BCUT2D eigenvalue weighted by molar-refractivity contribution is 0.419. The fourth-order valence-electron chi connectivity index (χ4n) is 3.05. The molecule has 0 fully saturated rings. The van der Waals surface area contributed by atoms with Crippen molar-refractivity contribution < 1.29 is 9.15 Å². The van der Waals surface area contributed by atoms with Crippen molar-refractivity contribution in [1.29, 1.82) is 0 Å². The summed E-state index contributed by atoms with van der Waals surface area (Å²) < 4.78 is 10.9. The molecule has 0 atom stereocenters. The lowest BCUT2D eigenvalue weighted by atomic mass is 10.1. The first-order chi connectivity index (χ1) is 13.7. The number of fused-ring (bicyclic) bond motifs is 1. The fourth-order valence-corrected chi connectivity index (χ4v) is 3.05. The Morgan fingerprint density at radius 3 is 2.71 bits per heavy atom. The van der Waals surface area contributed by atoms with Crippen molar-refractivity contribution in [3.05, 3.63) is 66.3 Å². The number of aromatic nitrogens is 1. The highest BCUT2D eigenvalue weighted by Crippen LogP contribution is 2.28. The van der Waals surface area contributed by atoms with E-state index in [1.165, 1.54) is 5.56 Å². The molecule has 0 amide bonds. The molecule has 3 rings (SSSR count). The van der Waals surface area contributed by atoms with Crippen molar-refractivity contribution in [1.82, 2.24) is 15.6 Å². The number of nitrogens with zero attached hydrogens (tertiary/aromatic N) is 1. The molecule has 0 saturated heterocycles.